The van der Waals surface area contributed by atoms with Crippen molar-refractivity contribution in [1.82, 2.24) is 10.2 Å². The lowest BCUT2D eigenvalue weighted by atomic mass is 10.4. The van der Waals surface area contributed by atoms with Crippen LogP contribution in [0.1, 0.15) is 13.3 Å². The molecule has 0 aliphatic carbocycles. The summed E-state index contributed by atoms with van der Waals surface area (Å²) in [6, 6.07) is 0. The van der Waals surface area contributed by atoms with Gasteiger partial charge >= 0.3 is 0 Å². The Balaban J connectivity index is 3.45. The van der Waals surface area contributed by atoms with Crippen molar-refractivity contribution in [3.05, 3.63) is 0 Å². The first-order valence-corrected chi connectivity index (χ1v) is 3.76. The molecule has 1 atom stereocenters. The van der Waals surface area contributed by atoms with Gasteiger partial charge in [-0.3, -0.25) is 9.69 Å². The topological polar surface area (TPSA) is 58.4 Å². The molecule has 0 rings (SSSR count). The summed E-state index contributed by atoms with van der Waals surface area (Å²) >= 11 is 0. The molecule has 0 bridgehead atoms. The van der Waals surface area contributed by atoms with E-state index in [1.54, 1.807) is 0 Å². The van der Waals surface area contributed by atoms with Crippen LogP contribution in [0.25, 0.3) is 0 Å². The normalized spacial score (nSPS) is 13.2. The molecule has 0 aromatic carbocycles. The first-order valence-electron chi connectivity index (χ1n) is 3.76. The van der Waals surface area contributed by atoms with Crippen LogP contribution in [0.4, 0.5) is 0 Å². The van der Waals surface area contributed by atoms with Crippen LogP contribution in [0.5, 0.6) is 0 Å². The third-order valence-corrected chi connectivity index (χ3v) is 1.49. The first-order chi connectivity index (χ1) is 5.07. The van der Waals surface area contributed by atoms with Crippen LogP contribution < -0.4 is 11.1 Å². The number of rotatable bonds is 4. The molecular formula is C7H17N3O. The van der Waals surface area contributed by atoms with Crippen molar-refractivity contribution in [3.8, 4) is 0 Å². The second-order valence-corrected chi connectivity index (χ2v) is 2.69. The highest BCUT2D eigenvalue weighted by Crippen LogP contribution is 1.81. The molecule has 4 nitrogen and oxygen atoms in total. The van der Waals surface area contributed by atoms with Gasteiger partial charge in [-0.1, -0.05) is 6.92 Å². The zero-order chi connectivity index (χ0) is 8.85. The number of nitrogens with two attached hydrogens (primary N) is 1. The SMILES string of the molecule is CCC(=O)NC[C@@H](N)N(C)C. The fourth-order valence-corrected chi connectivity index (χ4v) is 0.526. The van der Waals surface area contributed by atoms with Gasteiger partial charge in [0, 0.05) is 13.0 Å². The Morgan fingerprint density at radius 3 is 2.55 bits per heavy atom. The molecule has 0 aromatic heterocycles. The van der Waals surface area contributed by atoms with E-state index in [-0.39, 0.29) is 12.1 Å². The second kappa shape index (κ2) is 5.09. The highest BCUT2D eigenvalue weighted by molar-refractivity contribution is 5.75. The number of carbonyl (C=O) groups is 1. The second-order valence-electron chi connectivity index (χ2n) is 2.69. The highest BCUT2D eigenvalue weighted by atomic mass is 16.1. The Kier molecular flexibility index (Phi) is 4.81. The van der Waals surface area contributed by atoms with E-state index in [9.17, 15) is 4.79 Å². The number of carbonyl (C=O) groups excluding carboxylic acids is 1. The van der Waals surface area contributed by atoms with Gasteiger partial charge < -0.3 is 11.1 Å². The third-order valence-electron chi connectivity index (χ3n) is 1.49. The summed E-state index contributed by atoms with van der Waals surface area (Å²) in [5, 5.41) is 2.71. The van der Waals surface area contributed by atoms with E-state index in [1.807, 2.05) is 25.9 Å². The summed E-state index contributed by atoms with van der Waals surface area (Å²) < 4.78 is 0. The Bertz CT molecular complexity index is 125. The minimum atomic E-state index is -0.0921. The van der Waals surface area contributed by atoms with Gasteiger partial charge in [0.25, 0.3) is 0 Å². The van der Waals surface area contributed by atoms with Crippen molar-refractivity contribution in [2.75, 3.05) is 20.6 Å². The standard InChI is InChI=1S/C7H17N3O/c1-4-7(11)9-5-6(8)10(2)3/h6H,4-5,8H2,1-3H3,(H,9,11)/t6-/m0/s1. The van der Waals surface area contributed by atoms with Crippen molar-refractivity contribution in [3.63, 3.8) is 0 Å². The summed E-state index contributed by atoms with van der Waals surface area (Å²) in [7, 11) is 3.76. The molecule has 11 heavy (non-hydrogen) atoms. The maximum Gasteiger partial charge on any atom is 0.219 e. The number of nitrogens with one attached hydrogen (secondary N) is 1. The zero-order valence-electron chi connectivity index (χ0n) is 7.42. The molecule has 0 fully saturated rings. The van der Waals surface area contributed by atoms with Crippen LogP contribution in [0.2, 0.25) is 0 Å². The molecule has 0 saturated carbocycles. The van der Waals surface area contributed by atoms with Crippen LogP contribution >= 0.6 is 0 Å². The zero-order valence-corrected chi connectivity index (χ0v) is 7.42. The molecule has 0 aromatic rings. The fourth-order valence-electron chi connectivity index (χ4n) is 0.526. The molecule has 0 unspecified atom stereocenters. The van der Waals surface area contributed by atoms with Gasteiger partial charge in [0.05, 0.1) is 6.17 Å². The van der Waals surface area contributed by atoms with Crippen LogP contribution in [0.3, 0.4) is 0 Å². The van der Waals surface area contributed by atoms with Gasteiger partial charge in [0.2, 0.25) is 5.91 Å². The van der Waals surface area contributed by atoms with E-state index in [0.29, 0.717) is 13.0 Å². The lowest BCUT2D eigenvalue weighted by Gasteiger charge is -2.19. The average Bonchev–Trinajstić information content (AvgIpc) is 1.99. The molecule has 66 valence electrons. The Morgan fingerprint density at radius 2 is 2.18 bits per heavy atom. The quantitative estimate of drug-likeness (QED) is 0.536. The molecule has 0 heterocycles. The summed E-state index contributed by atoms with van der Waals surface area (Å²) in [5.41, 5.74) is 5.63. The molecule has 3 N–H and O–H groups in total. The fraction of sp³-hybridized carbons (Fsp3) is 0.857. The maximum atomic E-state index is 10.8. The van der Waals surface area contributed by atoms with E-state index >= 15 is 0 Å². The highest BCUT2D eigenvalue weighted by Gasteiger charge is 2.04. The minimum absolute atomic E-state index is 0.0438. The molecule has 0 radical (unpaired) electrons. The Hall–Kier alpha value is -0.610. The molecule has 0 spiro atoms. The number of hydrogen-bond acceptors (Lipinski definition) is 3. The molecular weight excluding hydrogens is 142 g/mol. The van der Waals surface area contributed by atoms with Crippen molar-refractivity contribution in [2.24, 2.45) is 5.73 Å². The molecule has 4 heteroatoms. The van der Waals surface area contributed by atoms with E-state index < -0.39 is 0 Å². The molecule has 1 amide bonds. The number of amides is 1. The molecule has 0 aliphatic heterocycles. The van der Waals surface area contributed by atoms with Gasteiger partial charge in [0.15, 0.2) is 0 Å². The Labute approximate surface area is 67.7 Å². The summed E-state index contributed by atoms with van der Waals surface area (Å²) in [5.74, 6) is 0.0438. The van der Waals surface area contributed by atoms with Gasteiger partial charge in [0.1, 0.15) is 0 Å². The van der Waals surface area contributed by atoms with Gasteiger partial charge in [-0.05, 0) is 14.1 Å². The van der Waals surface area contributed by atoms with Crippen molar-refractivity contribution in [2.45, 2.75) is 19.5 Å². The lowest BCUT2D eigenvalue weighted by molar-refractivity contribution is -0.120. The van der Waals surface area contributed by atoms with Crippen molar-refractivity contribution < 1.29 is 4.79 Å². The van der Waals surface area contributed by atoms with E-state index in [4.69, 9.17) is 5.73 Å². The minimum Gasteiger partial charge on any atom is -0.353 e. The lowest BCUT2D eigenvalue weighted by Crippen LogP contribution is -2.45. The number of hydrogen-bond donors (Lipinski definition) is 2. The largest absolute Gasteiger partial charge is 0.353 e. The molecule has 0 saturated heterocycles. The Morgan fingerprint density at radius 1 is 1.64 bits per heavy atom. The first kappa shape index (κ1) is 10.4. The predicted molar refractivity (Wildman–Crippen MR) is 45.0 cm³/mol. The number of likely N-dealkylation sites (N-methyl/N-ethyl adjacent to an activating group) is 1. The van der Waals surface area contributed by atoms with E-state index in [2.05, 4.69) is 5.32 Å². The maximum absolute atomic E-state index is 10.8. The predicted octanol–water partition coefficient (Wildman–Crippen LogP) is -0.641. The van der Waals surface area contributed by atoms with E-state index in [1.165, 1.54) is 0 Å². The van der Waals surface area contributed by atoms with E-state index in [0.717, 1.165) is 0 Å². The van der Waals surface area contributed by atoms with Gasteiger partial charge in [-0.15, -0.1) is 0 Å². The smallest absolute Gasteiger partial charge is 0.219 e. The van der Waals surface area contributed by atoms with Crippen LogP contribution in [0, 0.1) is 0 Å². The monoisotopic (exact) mass is 159 g/mol. The van der Waals surface area contributed by atoms with Gasteiger partial charge in [-0.25, -0.2) is 0 Å². The summed E-state index contributed by atoms with van der Waals surface area (Å²) in [6.45, 7) is 2.33. The van der Waals surface area contributed by atoms with Gasteiger partial charge in [-0.2, -0.15) is 0 Å². The van der Waals surface area contributed by atoms with Crippen LogP contribution in [-0.2, 0) is 4.79 Å². The molecule has 0 aliphatic rings. The summed E-state index contributed by atoms with van der Waals surface area (Å²) in [6.07, 6.45) is 0.422. The average molecular weight is 159 g/mol. The third kappa shape index (κ3) is 4.75. The van der Waals surface area contributed by atoms with Crippen LogP contribution in [0.15, 0.2) is 0 Å². The number of nitrogens with zero attached hydrogens (tertiary/aromatic N) is 1. The van der Waals surface area contributed by atoms with Crippen molar-refractivity contribution in [1.29, 1.82) is 0 Å². The van der Waals surface area contributed by atoms with Crippen molar-refractivity contribution >= 4 is 5.91 Å². The van der Waals surface area contributed by atoms with Crippen LogP contribution in [-0.4, -0.2) is 37.6 Å². The summed E-state index contributed by atoms with van der Waals surface area (Å²) in [4.78, 5) is 12.6.